The molecule has 8 heteroatoms. The molecule has 0 unspecified atom stereocenters. The Kier molecular flexibility index (Phi) is 5.92. The lowest BCUT2D eigenvalue weighted by molar-refractivity contribution is -0.129. The summed E-state index contributed by atoms with van der Waals surface area (Å²) in [6.45, 7) is 3.63. The van der Waals surface area contributed by atoms with E-state index in [0.29, 0.717) is 37.6 Å². The van der Waals surface area contributed by atoms with Crippen LogP contribution < -0.4 is 10.2 Å². The van der Waals surface area contributed by atoms with Gasteiger partial charge in [-0.1, -0.05) is 12.1 Å². The van der Waals surface area contributed by atoms with Crippen molar-refractivity contribution in [3.63, 3.8) is 0 Å². The molecule has 2 aliphatic heterocycles. The molecule has 0 spiro atoms. The smallest absolute Gasteiger partial charge is 0.226 e. The zero-order chi connectivity index (χ0) is 21.1. The van der Waals surface area contributed by atoms with Gasteiger partial charge in [0.15, 0.2) is 5.82 Å². The number of aromatic nitrogens is 2. The molecular formula is C22H26FN5O2. The van der Waals surface area contributed by atoms with Gasteiger partial charge in [0.1, 0.15) is 5.69 Å². The summed E-state index contributed by atoms with van der Waals surface area (Å²) in [6, 6.07) is 7.42. The summed E-state index contributed by atoms with van der Waals surface area (Å²) in [7, 11) is 0. The van der Waals surface area contributed by atoms with Gasteiger partial charge in [0.2, 0.25) is 17.8 Å². The van der Waals surface area contributed by atoms with E-state index < -0.39 is 5.82 Å². The van der Waals surface area contributed by atoms with Crippen molar-refractivity contribution >= 4 is 23.5 Å². The molecule has 158 valence electrons. The Hall–Kier alpha value is -3.03. The van der Waals surface area contributed by atoms with Crippen LogP contribution in [-0.2, 0) is 9.59 Å². The first-order chi connectivity index (χ1) is 14.5. The summed E-state index contributed by atoms with van der Waals surface area (Å²) in [5.41, 5.74) is 1.58. The Bertz CT molecular complexity index is 943. The summed E-state index contributed by atoms with van der Waals surface area (Å²) in [5, 5.41) is 3.27. The summed E-state index contributed by atoms with van der Waals surface area (Å²) in [5.74, 6) is 0.0443. The molecule has 4 rings (SSSR count). The Morgan fingerprint density at radius 3 is 2.73 bits per heavy atom. The molecule has 2 aliphatic rings. The summed E-state index contributed by atoms with van der Waals surface area (Å²) in [6.07, 6.45) is 5.19. The van der Waals surface area contributed by atoms with E-state index in [4.69, 9.17) is 0 Å². The lowest BCUT2D eigenvalue weighted by Gasteiger charge is -2.31. The van der Waals surface area contributed by atoms with Crippen molar-refractivity contribution in [2.75, 3.05) is 29.9 Å². The van der Waals surface area contributed by atoms with Crippen LogP contribution in [0.5, 0.6) is 0 Å². The molecular weight excluding hydrogens is 385 g/mol. The molecule has 1 N–H and O–H groups in total. The van der Waals surface area contributed by atoms with Gasteiger partial charge in [0.25, 0.3) is 0 Å². The molecule has 0 radical (unpaired) electrons. The number of nitrogens with zero attached hydrogens (tertiary/aromatic N) is 4. The van der Waals surface area contributed by atoms with Crippen LogP contribution in [0.4, 0.5) is 16.0 Å². The van der Waals surface area contributed by atoms with E-state index in [-0.39, 0.29) is 23.6 Å². The molecule has 2 fully saturated rings. The third-order valence-electron chi connectivity index (χ3n) is 5.77. The number of piperidine rings is 2. The van der Waals surface area contributed by atoms with Gasteiger partial charge >= 0.3 is 0 Å². The predicted molar refractivity (Wildman–Crippen MR) is 113 cm³/mol. The van der Waals surface area contributed by atoms with Crippen molar-refractivity contribution in [2.45, 2.75) is 45.1 Å². The SMILES string of the molecule is CC(=O)N1CCC(Nc2ncc(F)c(-c3cccc(N4CCCCC4=O)c3)n2)CC1. The van der Waals surface area contributed by atoms with Gasteiger partial charge in [-0.25, -0.2) is 14.4 Å². The van der Waals surface area contributed by atoms with Crippen LogP contribution in [0.3, 0.4) is 0 Å². The number of carbonyl (C=O) groups is 2. The highest BCUT2D eigenvalue weighted by atomic mass is 19.1. The average Bonchev–Trinajstić information content (AvgIpc) is 2.76. The minimum absolute atomic E-state index is 0.0841. The normalized spacial score (nSPS) is 17.9. The third-order valence-corrected chi connectivity index (χ3v) is 5.77. The molecule has 7 nitrogen and oxygen atoms in total. The van der Waals surface area contributed by atoms with Gasteiger partial charge in [-0.05, 0) is 37.8 Å². The Morgan fingerprint density at radius 1 is 1.20 bits per heavy atom. The van der Waals surface area contributed by atoms with E-state index in [2.05, 4.69) is 15.3 Å². The van der Waals surface area contributed by atoms with E-state index in [0.717, 1.165) is 31.4 Å². The van der Waals surface area contributed by atoms with Crippen LogP contribution in [0.1, 0.15) is 39.0 Å². The molecule has 30 heavy (non-hydrogen) atoms. The average molecular weight is 411 g/mol. The zero-order valence-electron chi connectivity index (χ0n) is 17.1. The second-order valence-corrected chi connectivity index (χ2v) is 7.87. The largest absolute Gasteiger partial charge is 0.351 e. The number of likely N-dealkylation sites (tertiary alicyclic amines) is 1. The first-order valence-corrected chi connectivity index (χ1v) is 10.5. The number of halogens is 1. The number of hydrogen-bond acceptors (Lipinski definition) is 5. The molecule has 2 aromatic rings. The van der Waals surface area contributed by atoms with Crippen molar-refractivity contribution in [3.8, 4) is 11.3 Å². The van der Waals surface area contributed by atoms with Crippen LogP contribution in [0.15, 0.2) is 30.5 Å². The fraction of sp³-hybridized carbons (Fsp3) is 0.455. The minimum atomic E-state index is -0.505. The van der Waals surface area contributed by atoms with Crippen LogP contribution in [0.25, 0.3) is 11.3 Å². The fourth-order valence-corrected chi connectivity index (χ4v) is 4.06. The monoisotopic (exact) mass is 411 g/mol. The van der Waals surface area contributed by atoms with Gasteiger partial charge in [-0.3, -0.25) is 9.59 Å². The van der Waals surface area contributed by atoms with Crippen molar-refractivity contribution in [1.29, 1.82) is 0 Å². The van der Waals surface area contributed by atoms with E-state index in [1.807, 2.05) is 23.1 Å². The van der Waals surface area contributed by atoms with Crippen LogP contribution in [-0.4, -0.2) is 52.4 Å². The van der Waals surface area contributed by atoms with E-state index in [1.165, 1.54) is 6.20 Å². The molecule has 1 aromatic carbocycles. The highest BCUT2D eigenvalue weighted by molar-refractivity contribution is 5.94. The van der Waals surface area contributed by atoms with Crippen molar-refractivity contribution in [1.82, 2.24) is 14.9 Å². The molecule has 0 atom stereocenters. The van der Waals surface area contributed by atoms with Crippen molar-refractivity contribution in [3.05, 3.63) is 36.3 Å². The van der Waals surface area contributed by atoms with E-state index >= 15 is 0 Å². The Morgan fingerprint density at radius 2 is 2.00 bits per heavy atom. The summed E-state index contributed by atoms with van der Waals surface area (Å²) >= 11 is 0. The first-order valence-electron chi connectivity index (χ1n) is 10.5. The van der Waals surface area contributed by atoms with Gasteiger partial charge in [0.05, 0.1) is 6.20 Å². The first kappa shape index (κ1) is 20.3. The minimum Gasteiger partial charge on any atom is -0.351 e. The number of nitrogens with one attached hydrogen (secondary N) is 1. The second-order valence-electron chi connectivity index (χ2n) is 7.87. The van der Waals surface area contributed by atoms with Gasteiger partial charge in [-0.15, -0.1) is 0 Å². The number of rotatable bonds is 4. The van der Waals surface area contributed by atoms with E-state index in [9.17, 15) is 14.0 Å². The molecule has 0 aliphatic carbocycles. The Balaban J connectivity index is 1.52. The fourth-order valence-electron chi connectivity index (χ4n) is 4.06. The van der Waals surface area contributed by atoms with Crippen molar-refractivity contribution < 1.29 is 14.0 Å². The lowest BCUT2D eigenvalue weighted by Crippen LogP contribution is -2.41. The molecule has 1 aromatic heterocycles. The number of amides is 2. The maximum atomic E-state index is 14.5. The Labute approximate surface area is 175 Å². The maximum absolute atomic E-state index is 14.5. The molecule has 2 saturated heterocycles. The van der Waals surface area contributed by atoms with Crippen LogP contribution in [0.2, 0.25) is 0 Å². The highest BCUT2D eigenvalue weighted by Gasteiger charge is 2.23. The maximum Gasteiger partial charge on any atom is 0.226 e. The van der Waals surface area contributed by atoms with Gasteiger partial charge in [-0.2, -0.15) is 0 Å². The van der Waals surface area contributed by atoms with Gasteiger partial charge < -0.3 is 15.1 Å². The number of hydrogen-bond donors (Lipinski definition) is 1. The van der Waals surface area contributed by atoms with Crippen molar-refractivity contribution in [2.24, 2.45) is 0 Å². The quantitative estimate of drug-likeness (QED) is 0.836. The van der Waals surface area contributed by atoms with Crippen LogP contribution in [0, 0.1) is 5.82 Å². The highest BCUT2D eigenvalue weighted by Crippen LogP contribution is 2.28. The molecule has 2 amide bonds. The number of anilines is 2. The summed E-state index contributed by atoms with van der Waals surface area (Å²) < 4.78 is 14.5. The molecule has 0 bridgehead atoms. The standard InChI is InChI=1S/C22H26FN5O2/c1-15(29)27-11-8-17(9-12-27)25-22-24-14-19(23)21(26-22)16-5-4-6-18(13-16)28-10-3-2-7-20(28)30/h4-6,13-14,17H,2-3,7-12H2,1H3,(H,24,25,26). The lowest BCUT2D eigenvalue weighted by atomic mass is 10.1. The van der Waals surface area contributed by atoms with Gasteiger partial charge in [0, 0.05) is 50.3 Å². The number of carbonyl (C=O) groups excluding carboxylic acids is 2. The predicted octanol–water partition coefficient (Wildman–Crippen LogP) is 3.22. The van der Waals surface area contributed by atoms with E-state index in [1.54, 1.807) is 17.9 Å². The number of benzene rings is 1. The topological polar surface area (TPSA) is 78.4 Å². The molecule has 0 saturated carbocycles. The second kappa shape index (κ2) is 8.77. The van der Waals surface area contributed by atoms with Crippen LogP contribution >= 0.6 is 0 Å². The third kappa shape index (κ3) is 4.42. The molecule has 3 heterocycles. The zero-order valence-corrected chi connectivity index (χ0v) is 17.1. The summed E-state index contributed by atoms with van der Waals surface area (Å²) in [4.78, 5) is 35.8.